The van der Waals surface area contributed by atoms with Gasteiger partial charge in [-0.1, -0.05) is 5.16 Å². The fraction of sp³-hybridized carbons (Fsp3) is 0.211. The summed E-state index contributed by atoms with van der Waals surface area (Å²) < 4.78 is 89.7. The lowest BCUT2D eigenvalue weighted by Gasteiger charge is -2.20. The Morgan fingerprint density at radius 2 is 1.77 bits per heavy atom. The van der Waals surface area contributed by atoms with Crippen LogP contribution >= 0.6 is 0 Å². The number of fused-ring (bicyclic) bond motifs is 1. The molecule has 0 radical (unpaired) electrons. The van der Waals surface area contributed by atoms with Gasteiger partial charge in [-0.05, 0) is 37.3 Å². The number of rotatable bonds is 4. The molecule has 6 nitrogen and oxygen atoms in total. The molecule has 0 aliphatic rings. The van der Waals surface area contributed by atoms with Gasteiger partial charge in [0.25, 0.3) is 5.89 Å². The number of hydrogen-bond acceptors (Lipinski definition) is 5. The summed E-state index contributed by atoms with van der Waals surface area (Å²) in [7, 11) is 0. The number of benzene rings is 1. The van der Waals surface area contributed by atoms with E-state index in [9.17, 15) is 26.3 Å². The zero-order valence-corrected chi connectivity index (χ0v) is 15.6. The molecule has 0 N–H and O–H groups in total. The standard InChI is InChI=1S/C19H12F6N4O2/c1-10(18(20,21)22)30-14-3-2-12(8-13(14)19(23,24)25)17-27-16(28-31-17)11-4-6-29-7-5-26-15(29)9-11/h2-10H,1H3. The number of pyridine rings is 1. The third-order valence-corrected chi connectivity index (χ3v) is 4.38. The Morgan fingerprint density at radius 1 is 1.00 bits per heavy atom. The molecule has 0 spiro atoms. The first kappa shape index (κ1) is 20.7. The Balaban J connectivity index is 1.68. The minimum atomic E-state index is -4.97. The van der Waals surface area contributed by atoms with Crippen molar-refractivity contribution in [2.24, 2.45) is 0 Å². The molecule has 1 aromatic carbocycles. The molecule has 3 heterocycles. The van der Waals surface area contributed by atoms with E-state index in [2.05, 4.69) is 19.9 Å². The fourth-order valence-corrected chi connectivity index (χ4v) is 2.75. The Morgan fingerprint density at radius 3 is 2.48 bits per heavy atom. The van der Waals surface area contributed by atoms with E-state index in [0.29, 0.717) is 24.2 Å². The minimum absolute atomic E-state index is 0.111. The summed E-state index contributed by atoms with van der Waals surface area (Å²) in [5, 5.41) is 3.76. The molecule has 0 aliphatic carbocycles. The molecule has 31 heavy (non-hydrogen) atoms. The molecule has 0 amide bonds. The van der Waals surface area contributed by atoms with Crippen molar-refractivity contribution < 1.29 is 35.6 Å². The van der Waals surface area contributed by atoms with Crippen molar-refractivity contribution in [1.82, 2.24) is 19.5 Å². The molecule has 0 bridgehead atoms. The van der Waals surface area contributed by atoms with Crippen molar-refractivity contribution in [3.63, 3.8) is 0 Å². The zero-order chi connectivity index (χ0) is 22.4. The van der Waals surface area contributed by atoms with Gasteiger partial charge in [-0.15, -0.1) is 0 Å². The average molecular weight is 442 g/mol. The van der Waals surface area contributed by atoms with E-state index in [-0.39, 0.29) is 17.3 Å². The number of hydrogen-bond donors (Lipinski definition) is 0. The van der Waals surface area contributed by atoms with Gasteiger partial charge < -0.3 is 13.7 Å². The molecule has 4 aromatic rings. The van der Waals surface area contributed by atoms with Crippen LogP contribution in [0.15, 0.2) is 53.4 Å². The molecule has 0 aliphatic heterocycles. The van der Waals surface area contributed by atoms with E-state index in [1.54, 1.807) is 35.1 Å². The molecule has 1 atom stereocenters. The number of imidazole rings is 1. The Labute approximate surface area is 170 Å². The van der Waals surface area contributed by atoms with Crippen LogP contribution in [0.2, 0.25) is 0 Å². The summed E-state index contributed by atoms with van der Waals surface area (Å²) in [6.07, 6.45) is -7.20. The van der Waals surface area contributed by atoms with Crippen LogP contribution in [0.3, 0.4) is 0 Å². The molecule has 0 fully saturated rings. The normalized spacial score (nSPS) is 13.5. The van der Waals surface area contributed by atoms with Gasteiger partial charge in [-0.2, -0.15) is 31.3 Å². The topological polar surface area (TPSA) is 65.5 Å². The monoisotopic (exact) mass is 442 g/mol. The Kier molecular flexibility index (Phi) is 4.86. The maximum Gasteiger partial charge on any atom is 0.425 e. The second kappa shape index (κ2) is 7.29. The molecule has 4 rings (SSSR count). The predicted octanol–water partition coefficient (Wildman–Crippen LogP) is 5.40. The van der Waals surface area contributed by atoms with Crippen molar-refractivity contribution in [1.29, 1.82) is 0 Å². The first-order valence-corrected chi connectivity index (χ1v) is 8.74. The summed E-state index contributed by atoms with van der Waals surface area (Å²) in [5.41, 5.74) is -0.396. The third kappa shape index (κ3) is 4.18. The lowest BCUT2D eigenvalue weighted by molar-refractivity contribution is -0.191. The molecule has 1 unspecified atom stereocenters. The highest BCUT2D eigenvalue weighted by Gasteiger charge is 2.41. The highest BCUT2D eigenvalue weighted by molar-refractivity contribution is 5.64. The van der Waals surface area contributed by atoms with E-state index < -0.39 is 29.8 Å². The van der Waals surface area contributed by atoms with Crippen LogP contribution < -0.4 is 4.74 Å². The third-order valence-electron chi connectivity index (χ3n) is 4.38. The fourth-order valence-electron chi connectivity index (χ4n) is 2.75. The largest absolute Gasteiger partial charge is 0.481 e. The second-order valence-electron chi connectivity index (χ2n) is 6.54. The molecule has 12 heteroatoms. The number of alkyl halides is 6. The van der Waals surface area contributed by atoms with Crippen LogP contribution in [0.1, 0.15) is 12.5 Å². The summed E-state index contributed by atoms with van der Waals surface area (Å²) >= 11 is 0. The van der Waals surface area contributed by atoms with Gasteiger partial charge in [0.05, 0.1) is 5.56 Å². The van der Waals surface area contributed by atoms with Crippen LogP contribution in [-0.4, -0.2) is 31.8 Å². The molecule has 162 valence electrons. The van der Waals surface area contributed by atoms with Crippen molar-refractivity contribution in [2.45, 2.75) is 25.4 Å². The SMILES string of the molecule is CC(Oc1ccc(-c2nc(-c3ccn4ccnc4c3)no2)cc1C(F)(F)F)C(F)(F)F. The number of ether oxygens (including phenoxy) is 1. The minimum Gasteiger partial charge on any atom is -0.481 e. The van der Waals surface area contributed by atoms with E-state index in [0.717, 1.165) is 12.1 Å². The maximum absolute atomic E-state index is 13.4. The predicted molar refractivity (Wildman–Crippen MR) is 95.1 cm³/mol. The van der Waals surface area contributed by atoms with Crippen LogP contribution in [0.4, 0.5) is 26.3 Å². The number of nitrogens with zero attached hydrogens (tertiary/aromatic N) is 4. The van der Waals surface area contributed by atoms with Crippen LogP contribution in [0.5, 0.6) is 5.75 Å². The lowest BCUT2D eigenvalue weighted by Crippen LogP contribution is -2.31. The van der Waals surface area contributed by atoms with Gasteiger partial charge in [-0.3, -0.25) is 0 Å². The Hall–Kier alpha value is -3.57. The maximum atomic E-state index is 13.4. The van der Waals surface area contributed by atoms with Gasteiger partial charge in [0, 0.05) is 29.7 Å². The van der Waals surface area contributed by atoms with E-state index in [1.807, 2.05) is 0 Å². The van der Waals surface area contributed by atoms with Gasteiger partial charge in [-0.25, -0.2) is 4.98 Å². The lowest BCUT2D eigenvalue weighted by atomic mass is 10.1. The molecular weight excluding hydrogens is 430 g/mol. The van der Waals surface area contributed by atoms with Crippen molar-refractivity contribution in [2.75, 3.05) is 0 Å². The average Bonchev–Trinajstić information content (AvgIpc) is 3.35. The summed E-state index contributed by atoms with van der Waals surface area (Å²) in [6, 6.07) is 5.84. The highest BCUT2D eigenvalue weighted by atomic mass is 19.4. The van der Waals surface area contributed by atoms with Gasteiger partial charge in [0.2, 0.25) is 5.82 Å². The quantitative estimate of drug-likeness (QED) is 0.396. The van der Waals surface area contributed by atoms with Gasteiger partial charge in [0.1, 0.15) is 11.4 Å². The van der Waals surface area contributed by atoms with Crippen molar-refractivity contribution >= 4 is 5.65 Å². The molecule has 0 saturated heterocycles. The zero-order valence-electron chi connectivity index (χ0n) is 15.6. The van der Waals surface area contributed by atoms with E-state index in [4.69, 9.17) is 4.52 Å². The van der Waals surface area contributed by atoms with Crippen LogP contribution in [0.25, 0.3) is 28.5 Å². The summed E-state index contributed by atoms with van der Waals surface area (Å²) in [4.78, 5) is 8.21. The van der Waals surface area contributed by atoms with Crippen LogP contribution in [-0.2, 0) is 6.18 Å². The highest BCUT2D eigenvalue weighted by Crippen LogP contribution is 2.40. The van der Waals surface area contributed by atoms with Crippen molar-refractivity contribution in [3.8, 4) is 28.6 Å². The van der Waals surface area contributed by atoms with Gasteiger partial charge in [0.15, 0.2) is 6.10 Å². The molecule has 3 aromatic heterocycles. The summed E-state index contributed by atoms with van der Waals surface area (Å²) in [6.45, 7) is 0.620. The van der Waals surface area contributed by atoms with Crippen molar-refractivity contribution in [3.05, 3.63) is 54.5 Å². The first-order valence-electron chi connectivity index (χ1n) is 8.74. The number of aromatic nitrogens is 4. The van der Waals surface area contributed by atoms with Crippen LogP contribution in [0, 0.1) is 0 Å². The first-order chi connectivity index (χ1) is 14.5. The smallest absolute Gasteiger partial charge is 0.425 e. The Bertz CT molecular complexity index is 1230. The second-order valence-corrected chi connectivity index (χ2v) is 6.54. The summed E-state index contributed by atoms with van der Waals surface area (Å²) in [5.74, 6) is -1.08. The van der Waals surface area contributed by atoms with E-state index in [1.165, 1.54) is 0 Å². The number of halogens is 6. The molecule has 0 saturated carbocycles. The molecular formula is C19H12F6N4O2. The van der Waals surface area contributed by atoms with E-state index >= 15 is 0 Å². The van der Waals surface area contributed by atoms with Gasteiger partial charge >= 0.3 is 12.4 Å².